The van der Waals surface area contributed by atoms with Gasteiger partial charge in [-0.15, -0.1) is 0 Å². The molecule has 2 aromatic carbocycles. The summed E-state index contributed by atoms with van der Waals surface area (Å²) in [5.74, 6) is 0. The second-order valence-electron chi connectivity index (χ2n) is 3.57. The third kappa shape index (κ3) is 1.42. The fourth-order valence-electron chi connectivity index (χ4n) is 1.78. The molecule has 2 aromatic rings. The summed E-state index contributed by atoms with van der Waals surface area (Å²) in [4.78, 5) is 0. The highest BCUT2D eigenvalue weighted by molar-refractivity contribution is 5.72. The molecule has 0 saturated carbocycles. The third-order valence-electron chi connectivity index (χ3n) is 2.56. The molecule has 1 N–H and O–H groups in total. The maximum atomic E-state index is 3.20. The number of nitrogens with one attached hydrogen (secondary N) is 1. The fraction of sp³-hybridized carbons (Fsp3) is 0. The zero-order valence-corrected chi connectivity index (χ0v) is 8.20. The highest BCUT2D eigenvalue weighted by Crippen LogP contribution is 2.15. The second kappa shape index (κ2) is 3.28. The van der Waals surface area contributed by atoms with Crippen molar-refractivity contribution in [2.24, 2.45) is 0 Å². The Labute approximate surface area is 88.4 Å². The van der Waals surface area contributed by atoms with E-state index in [0.29, 0.717) is 0 Å². The number of anilines is 1. The van der Waals surface area contributed by atoms with Crippen molar-refractivity contribution in [3.8, 4) is 0 Å². The Bertz CT molecular complexity index is 611. The molecule has 0 aromatic heterocycles. The van der Waals surface area contributed by atoms with Crippen LogP contribution in [0.25, 0.3) is 12.3 Å². The monoisotopic (exact) mass is 192 g/mol. The van der Waals surface area contributed by atoms with Crippen molar-refractivity contribution in [3.05, 3.63) is 64.5 Å². The van der Waals surface area contributed by atoms with Gasteiger partial charge in [-0.2, -0.15) is 0 Å². The van der Waals surface area contributed by atoms with E-state index in [1.54, 1.807) is 0 Å². The van der Waals surface area contributed by atoms with Gasteiger partial charge >= 0.3 is 0 Å². The third-order valence-corrected chi connectivity index (χ3v) is 2.56. The molecule has 0 bridgehead atoms. The van der Waals surface area contributed by atoms with Gasteiger partial charge in [-0.05, 0) is 22.9 Å². The van der Waals surface area contributed by atoms with Crippen molar-refractivity contribution in [2.75, 3.05) is 5.32 Å². The molecular formula is C14H10N. The van der Waals surface area contributed by atoms with Crippen LogP contribution in [0.3, 0.4) is 0 Å². The van der Waals surface area contributed by atoms with Crippen LogP contribution in [0.5, 0.6) is 0 Å². The molecule has 3 rings (SSSR count). The number of hydrogen-bond donors (Lipinski definition) is 1. The van der Waals surface area contributed by atoms with Gasteiger partial charge in [-0.1, -0.05) is 42.5 Å². The first-order chi connectivity index (χ1) is 7.43. The van der Waals surface area contributed by atoms with Crippen LogP contribution in [-0.4, -0.2) is 0 Å². The lowest BCUT2D eigenvalue weighted by atomic mass is 10.1. The lowest BCUT2D eigenvalue weighted by Crippen LogP contribution is -2.23. The average Bonchev–Trinajstić information content (AvgIpc) is 2.48. The van der Waals surface area contributed by atoms with Crippen LogP contribution in [0.4, 0.5) is 5.69 Å². The molecule has 0 aliphatic carbocycles. The number of benzene rings is 2. The first-order valence-corrected chi connectivity index (χ1v) is 4.98. The summed E-state index contributed by atoms with van der Waals surface area (Å²) in [6.07, 6.45) is 5.38. The predicted octanol–water partition coefficient (Wildman–Crippen LogP) is 1.56. The Balaban J connectivity index is 2.36. The van der Waals surface area contributed by atoms with E-state index in [0.717, 1.165) is 10.9 Å². The Kier molecular flexibility index (Phi) is 1.82. The van der Waals surface area contributed by atoms with E-state index in [1.807, 2.05) is 24.3 Å². The van der Waals surface area contributed by atoms with E-state index in [9.17, 15) is 0 Å². The Morgan fingerprint density at radius 1 is 0.867 bits per heavy atom. The zero-order valence-electron chi connectivity index (χ0n) is 8.20. The summed E-state index contributed by atoms with van der Waals surface area (Å²) in [6.45, 7) is 0. The van der Waals surface area contributed by atoms with Crippen molar-refractivity contribution in [1.82, 2.24) is 0 Å². The summed E-state index contributed by atoms with van der Waals surface area (Å²) in [5.41, 5.74) is 2.31. The average molecular weight is 192 g/mol. The largest absolute Gasteiger partial charge is 0.353 e. The minimum absolute atomic E-state index is 1.11. The molecular weight excluding hydrogens is 182 g/mol. The van der Waals surface area contributed by atoms with Gasteiger partial charge in [-0.3, -0.25) is 0 Å². The topological polar surface area (TPSA) is 12.0 Å². The zero-order chi connectivity index (χ0) is 10.1. The van der Waals surface area contributed by atoms with Crippen molar-refractivity contribution in [1.29, 1.82) is 0 Å². The molecule has 15 heavy (non-hydrogen) atoms. The van der Waals surface area contributed by atoms with E-state index in [2.05, 4.69) is 41.9 Å². The van der Waals surface area contributed by atoms with Gasteiger partial charge in [-0.25, -0.2) is 0 Å². The summed E-state index contributed by atoms with van der Waals surface area (Å²) in [5, 5.41) is 5.51. The molecule has 1 radical (unpaired) electrons. The van der Waals surface area contributed by atoms with Gasteiger partial charge in [0, 0.05) is 10.9 Å². The SMILES string of the molecule is [C]1=c2ccccc2=Cc2ccccc2N1. The van der Waals surface area contributed by atoms with E-state index < -0.39 is 0 Å². The molecule has 0 spiro atoms. The standard InChI is InChI=1S/C14H10N/c1-2-7-13-10-15-14-8-4-3-6-12(14)9-11(13)5-1/h1-9,15H. The number of para-hydroxylation sites is 1. The van der Waals surface area contributed by atoms with Crippen LogP contribution < -0.4 is 15.8 Å². The summed E-state index contributed by atoms with van der Waals surface area (Å²) < 4.78 is 0. The molecule has 1 heteroatoms. The van der Waals surface area contributed by atoms with Crippen molar-refractivity contribution >= 4 is 18.0 Å². The Morgan fingerprint density at radius 3 is 2.67 bits per heavy atom. The van der Waals surface area contributed by atoms with Crippen molar-refractivity contribution in [2.45, 2.75) is 0 Å². The van der Waals surface area contributed by atoms with E-state index in [-0.39, 0.29) is 0 Å². The van der Waals surface area contributed by atoms with Crippen LogP contribution in [0.15, 0.2) is 48.5 Å². The van der Waals surface area contributed by atoms with Gasteiger partial charge < -0.3 is 5.32 Å². The second-order valence-corrected chi connectivity index (χ2v) is 3.57. The molecule has 1 heterocycles. The normalized spacial score (nSPS) is 12.3. The summed E-state index contributed by atoms with van der Waals surface area (Å²) in [6, 6.07) is 16.5. The molecule has 1 aliphatic heterocycles. The van der Waals surface area contributed by atoms with Crippen LogP contribution in [0, 0.1) is 0 Å². The molecule has 1 aliphatic rings. The number of hydrogen-bond acceptors (Lipinski definition) is 1. The minimum Gasteiger partial charge on any atom is -0.353 e. The van der Waals surface area contributed by atoms with Crippen LogP contribution in [0.2, 0.25) is 0 Å². The van der Waals surface area contributed by atoms with Crippen molar-refractivity contribution < 1.29 is 0 Å². The summed E-state index contributed by atoms with van der Waals surface area (Å²) >= 11 is 0. The maximum Gasteiger partial charge on any atom is 0.0709 e. The Morgan fingerprint density at radius 2 is 1.67 bits per heavy atom. The van der Waals surface area contributed by atoms with Gasteiger partial charge in [0.25, 0.3) is 0 Å². The van der Waals surface area contributed by atoms with E-state index >= 15 is 0 Å². The molecule has 1 nitrogen and oxygen atoms in total. The smallest absolute Gasteiger partial charge is 0.0709 e. The van der Waals surface area contributed by atoms with Gasteiger partial charge in [0.2, 0.25) is 0 Å². The first kappa shape index (κ1) is 8.30. The lowest BCUT2D eigenvalue weighted by Gasteiger charge is -2.01. The molecule has 0 fully saturated rings. The van der Waals surface area contributed by atoms with E-state index in [1.165, 1.54) is 10.8 Å². The van der Waals surface area contributed by atoms with Crippen molar-refractivity contribution in [3.63, 3.8) is 0 Å². The van der Waals surface area contributed by atoms with Crippen LogP contribution in [0.1, 0.15) is 5.56 Å². The van der Waals surface area contributed by atoms with Gasteiger partial charge in [0.05, 0.1) is 6.20 Å². The van der Waals surface area contributed by atoms with Gasteiger partial charge in [0.15, 0.2) is 0 Å². The number of fused-ring (bicyclic) bond motifs is 2. The highest BCUT2D eigenvalue weighted by Gasteiger charge is 1.99. The lowest BCUT2D eigenvalue weighted by molar-refractivity contribution is 1.52. The predicted molar refractivity (Wildman–Crippen MR) is 62.7 cm³/mol. The number of rotatable bonds is 0. The molecule has 0 atom stereocenters. The highest BCUT2D eigenvalue weighted by atomic mass is 14.8. The first-order valence-electron chi connectivity index (χ1n) is 4.98. The maximum absolute atomic E-state index is 3.20. The van der Waals surface area contributed by atoms with E-state index in [4.69, 9.17) is 0 Å². The Hall–Kier alpha value is -2.02. The van der Waals surface area contributed by atoms with Gasteiger partial charge in [0.1, 0.15) is 0 Å². The van der Waals surface area contributed by atoms with Crippen LogP contribution >= 0.6 is 0 Å². The molecule has 0 amide bonds. The molecule has 0 unspecified atom stereocenters. The summed E-state index contributed by atoms with van der Waals surface area (Å²) in [7, 11) is 0. The fourth-order valence-corrected chi connectivity index (χ4v) is 1.78. The van der Waals surface area contributed by atoms with Crippen LogP contribution in [-0.2, 0) is 0 Å². The molecule has 71 valence electrons. The molecule has 0 saturated heterocycles. The minimum atomic E-state index is 1.11. The quantitative estimate of drug-likeness (QED) is 0.668.